The van der Waals surface area contributed by atoms with Crippen molar-refractivity contribution in [3.63, 3.8) is 0 Å². The Bertz CT molecular complexity index is 606. The molecule has 2 aromatic rings. The van der Waals surface area contributed by atoms with Crippen LogP contribution in [0.2, 0.25) is 0 Å². The van der Waals surface area contributed by atoms with Crippen LogP contribution in [0.15, 0.2) is 34.9 Å². The predicted octanol–water partition coefficient (Wildman–Crippen LogP) is 2.17. The van der Waals surface area contributed by atoms with Crippen LogP contribution >= 0.6 is 0 Å². The van der Waals surface area contributed by atoms with Crippen molar-refractivity contribution in [2.24, 2.45) is 5.92 Å². The molecule has 1 aromatic heterocycles. The van der Waals surface area contributed by atoms with Gasteiger partial charge in [0.05, 0.1) is 6.54 Å². The van der Waals surface area contributed by atoms with Crippen molar-refractivity contribution in [3.05, 3.63) is 36.2 Å². The summed E-state index contributed by atoms with van der Waals surface area (Å²) in [7, 11) is 0. The molecule has 6 heteroatoms. The third-order valence-electron chi connectivity index (χ3n) is 3.66. The fourth-order valence-corrected chi connectivity index (χ4v) is 2.50. The number of rotatable bonds is 5. The largest absolute Gasteiger partial charge is 0.381 e. The second-order valence-electron chi connectivity index (χ2n) is 5.45. The average Bonchev–Trinajstić information content (AvgIpc) is 3.04. The molecule has 2 heterocycles. The van der Waals surface area contributed by atoms with Gasteiger partial charge in [0.25, 0.3) is 5.89 Å². The Morgan fingerprint density at radius 2 is 2.18 bits per heavy atom. The third kappa shape index (κ3) is 3.92. The van der Waals surface area contributed by atoms with Crippen LogP contribution in [0.5, 0.6) is 0 Å². The summed E-state index contributed by atoms with van der Waals surface area (Å²) in [5.74, 6) is 1.26. The maximum absolute atomic E-state index is 11.9. The van der Waals surface area contributed by atoms with Crippen LogP contribution in [0.3, 0.4) is 0 Å². The molecule has 1 atom stereocenters. The van der Waals surface area contributed by atoms with Gasteiger partial charge in [-0.3, -0.25) is 4.79 Å². The summed E-state index contributed by atoms with van der Waals surface area (Å²) in [5, 5.41) is 6.72. The SMILES string of the molecule is O=C(C[C@H]1CCCOC1)NCc1noc(-c2ccccc2)n1. The Labute approximate surface area is 128 Å². The molecule has 1 aromatic carbocycles. The zero-order valence-corrected chi connectivity index (χ0v) is 12.3. The fraction of sp³-hybridized carbons (Fsp3) is 0.438. The van der Waals surface area contributed by atoms with E-state index in [4.69, 9.17) is 9.26 Å². The van der Waals surface area contributed by atoms with E-state index in [0.717, 1.165) is 25.0 Å². The fourth-order valence-electron chi connectivity index (χ4n) is 2.50. The van der Waals surface area contributed by atoms with Crippen LogP contribution in [-0.2, 0) is 16.1 Å². The predicted molar refractivity (Wildman–Crippen MR) is 79.7 cm³/mol. The molecule has 0 bridgehead atoms. The highest BCUT2D eigenvalue weighted by Gasteiger charge is 2.18. The van der Waals surface area contributed by atoms with Gasteiger partial charge in [-0.05, 0) is 30.9 Å². The molecule has 0 saturated carbocycles. The van der Waals surface area contributed by atoms with E-state index in [1.165, 1.54) is 0 Å². The number of aromatic nitrogens is 2. The number of nitrogens with one attached hydrogen (secondary N) is 1. The number of carbonyl (C=O) groups excluding carboxylic acids is 1. The summed E-state index contributed by atoms with van der Waals surface area (Å²) in [6.45, 7) is 1.76. The number of ether oxygens (including phenoxy) is 1. The summed E-state index contributed by atoms with van der Waals surface area (Å²) >= 11 is 0. The number of benzene rings is 1. The molecule has 1 saturated heterocycles. The quantitative estimate of drug-likeness (QED) is 0.915. The number of nitrogens with zero attached hydrogens (tertiary/aromatic N) is 2. The lowest BCUT2D eigenvalue weighted by molar-refractivity contribution is -0.123. The van der Waals surface area contributed by atoms with Gasteiger partial charge < -0.3 is 14.6 Å². The maximum atomic E-state index is 11.9. The molecule has 1 N–H and O–H groups in total. The highest BCUT2D eigenvalue weighted by molar-refractivity contribution is 5.76. The first kappa shape index (κ1) is 14.7. The lowest BCUT2D eigenvalue weighted by atomic mass is 9.98. The minimum atomic E-state index is 0.00145. The highest BCUT2D eigenvalue weighted by atomic mass is 16.5. The van der Waals surface area contributed by atoms with Gasteiger partial charge in [-0.2, -0.15) is 4.98 Å². The topological polar surface area (TPSA) is 77.2 Å². The van der Waals surface area contributed by atoms with Crippen LogP contribution in [0, 0.1) is 5.92 Å². The normalized spacial score (nSPS) is 18.1. The summed E-state index contributed by atoms with van der Waals surface area (Å²) in [4.78, 5) is 16.2. The smallest absolute Gasteiger partial charge is 0.257 e. The standard InChI is InChI=1S/C16H19N3O3/c20-15(9-12-5-4-8-21-11-12)17-10-14-18-16(22-19-14)13-6-2-1-3-7-13/h1-3,6-7,12H,4-5,8-11H2,(H,17,20)/t12-/m1/s1. The summed E-state index contributed by atoms with van der Waals surface area (Å²) in [5.41, 5.74) is 0.868. The van der Waals surface area contributed by atoms with Crippen molar-refractivity contribution in [1.82, 2.24) is 15.5 Å². The van der Waals surface area contributed by atoms with E-state index >= 15 is 0 Å². The monoisotopic (exact) mass is 301 g/mol. The molecule has 0 aliphatic carbocycles. The molecule has 1 fully saturated rings. The van der Waals surface area contributed by atoms with Gasteiger partial charge in [0.1, 0.15) is 0 Å². The molecular weight excluding hydrogens is 282 g/mol. The zero-order chi connectivity index (χ0) is 15.2. The average molecular weight is 301 g/mol. The molecule has 116 valence electrons. The van der Waals surface area contributed by atoms with E-state index in [0.29, 0.717) is 30.7 Å². The molecule has 22 heavy (non-hydrogen) atoms. The Hall–Kier alpha value is -2.21. The number of carbonyl (C=O) groups is 1. The van der Waals surface area contributed by atoms with Crippen LogP contribution in [-0.4, -0.2) is 29.3 Å². The Morgan fingerprint density at radius 3 is 2.95 bits per heavy atom. The van der Waals surface area contributed by atoms with Gasteiger partial charge >= 0.3 is 0 Å². The minimum absolute atomic E-state index is 0.00145. The van der Waals surface area contributed by atoms with Crippen molar-refractivity contribution in [3.8, 4) is 11.5 Å². The summed E-state index contributed by atoms with van der Waals surface area (Å²) < 4.78 is 10.6. The van der Waals surface area contributed by atoms with E-state index in [-0.39, 0.29) is 12.5 Å². The van der Waals surface area contributed by atoms with Gasteiger partial charge in [-0.15, -0.1) is 0 Å². The van der Waals surface area contributed by atoms with Crippen molar-refractivity contribution in [2.75, 3.05) is 13.2 Å². The second-order valence-corrected chi connectivity index (χ2v) is 5.45. The zero-order valence-electron chi connectivity index (χ0n) is 12.3. The van der Waals surface area contributed by atoms with Crippen LogP contribution in [0.1, 0.15) is 25.1 Å². The molecular formula is C16H19N3O3. The van der Waals surface area contributed by atoms with Crippen molar-refractivity contribution < 1.29 is 14.1 Å². The van der Waals surface area contributed by atoms with Gasteiger partial charge in [-0.1, -0.05) is 23.4 Å². The molecule has 0 radical (unpaired) electrons. The molecule has 1 aliphatic rings. The van der Waals surface area contributed by atoms with E-state index in [9.17, 15) is 4.79 Å². The Kier molecular flexibility index (Phi) is 4.80. The van der Waals surface area contributed by atoms with Gasteiger partial charge in [-0.25, -0.2) is 0 Å². The van der Waals surface area contributed by atoms with Crippen LogP contribution in [0.25, 0.3) is 11.5 Å². The maximum Gasteiger partial charge on any atom is 0.257 e. The molecule has 3 rings (SSSR count). The number of hydrogen-bond acceptors (Lipinski definition) is 5. The first-order valence-electron chi connectivity index (χ1n) is 7.54. The van der Waals surface area contributed by atoms with E-state index < -0.39 is 0 Å². The van der Waals surface area contributed by atoms with E-state index in [2.05, 4.69) is 15.5 Å². The second kappa shape index (κ2) is 7.17. The minimum Gasteiger partial charge on any atom is -0.381 e. The summed E-state index contributed by atoms with van der Waals surface area (Å²) in [6, 6.07) is 9.55. The Morgan fingerprint density at radius 1 is 1.32 bits per heavy atom. The molecule has 0 spiro atoms. The lowest BCUT2D eigenvalue weighted by Gasteiger charge is -2.21. The van der Waals surface area contributed by atoms with E-state index in [1.807, 2.05) is 30.3 Å². The molecule has 0 unspecified atom stereocenters. The first-order chi connectivity index (χ1) is 10.8. The summed E-state index contributed by atoms with van der Waals surface area (Å²) in [6.07, 6.45) is 2.57. The van der Waals surface area contributed by atoms with E-state index in [1.54, 1.807) is 0 Å². The van der Waals surface area contributed by atoms with Gasteiger partial charge in [0, 0.05) is 25.2 Å². The Balaban J connectivity index is 1.49. The highest BCUT2D eigenvalue weighted by Crippen LogP contribution is 2.17. The lowest BCUT2D eigenvalue weighted by Crippen LogP contribution is -2.28. The molecule has 1 amide bonds. The van der Waals surface area contributed by atoms with Crippen molar-refractivity contribution in [1.29, 1.82) is 0 Å². The number of amides is 1. The van der Waals surface area contributed by atoms with Gasteiger partial charge in [0.2, 0.25) is 5.91 Å². The molecule has 6 nitrogen and oxygen atoms in total. The van der Waals surface area contributed by atoms with Crippen LogP contribution in [0.4, 0.5) is 0 Å². The molecule has 1 aliphatic heterocycles. The number of hydrogen-bond donors (Lipinski definition) is 1. The van der Waals surface area contributed by atoms with Crippen LogP contribution < -0.4 is 5.32 Å². The van der Waals surface area contributed by atoms with Crippen molar-refractivity contribution >= 4 is 5.91 Å². The van der Waals surface area contributed by atoms with Crippen molar-refractivity contribution in [2.45, 2.75) is 25.8 Å². The third-order valence-corrected chi connectivity index (χ3v) is 3.66. The first-order valence-corrected chi connectivity index (χ1v) is 7.54. The van der Waals surface area contributed by atoms with Gasteiger partial charge in [0.15, 0.2) is 5.82 Å².